The highest BCUT2D eigenvalue weighted by Crippen LogP contribution is 2.40. The molecule has 86 valence electrons. The van der Waals surface area contributed by atoms with Crippen LogP contribution in [0.5, 0.6) is 0 Å². The van der Waals surface area contributed by atoms with Crippen LogP contribution in [0.1, 0.15) is 47.0 Å². The van der Waals surface area contributed by atoms with Crippen LogP contribution in [-0.2, 0) is 9.84 Å². The molecule has 0 unspecified atom stereocenters. The molecule has 0 spiro atoms. The molecule has 14 heavy (non-hydrogen) atoms. The normalized spacial score (nSPS) is 20.7. The summed E-state index contributed by atoms with van der Waals surface area (Å²) in [7, 11) is -4.31. The lowest BCUT2D eigenvalue weighted by molar-refractivity contribution is 0.123. The van der Waals surface area contributed by atoms with Crippen molar-refractivity contribution >= 4 is 9.84 Å². The lowest BCUT2D eigenvalue weighted by atomic mass is 9.68. The topological polar surface area (TPSA) is 34.1 Å². The van der Waals surface area contributed by atoms with Gasteiger partial charge in [-0.3, -0.25) is 0 Å². The van der Waals surface area contributed by atoms with E-state index in [1.54, 1.807) is 41.5 Å². The highest BCUT2D eigenvalue weighted by atomic mass is 32.2. The van der Waals surface area contributed by atoms with Gasteiger partial charge in [-0.05, 0) is 16.7 Å². The van der Waals surface area contributed by atoms with Gasteiger partial charge in [0.15, 0.2) is 0 Å². The predicted octanol–water partition coefficient (Wildman–Crippen LogP) is 2.74. The molecule has 0 atom stereocenters. The first-order valence-electron chi connectivity index (χ1n) is 6.78. The summed E-state index contributed by atoms with van der Waals surface area (Å²) in [5.74, 6) is -1.87. The van der Waals surface area contributed by atoms with Crippen LogP contribution in [0.25, 0.3) is 0 Å². The standard InChI is InChI=1S/C11H24O2S/c1-10(2,3)9(11(4,5)6)8-14(7,12)13/h9H,8H2,1-7H3/i7D,8D2,9D. The Morgan fingerprint density at radius 2 is 1.57 bits per heavy atom. The fourth-order valence-corrected chi connectivity index (χ4v) is 2.51. The van der Waals surface area contributed by atoms with Gasteiger partial charge in [-0.25, -0.2) is 8.42 Å². The Balaban J connectivity index is 6.28. The molecule has 0 aliphatic heterocycles. The number of sulfone groups is 1. The molecule has 0 aromatic carbocycles. The second-order valence-electron chi connectivity index (χ2n) is 5.59. The highest BCUT2D eigenvalue weighted by molar-refractivity contribution is 7.90. The Bertz CT molecular complexity index is 388. The number of hydrogen-bond donors (Lipinski definition) is 0. The van der Waals surface area contributed by atoms with Crippen molar-refractivity contribution in [2.75, 3.05) is 11.9 Å². The lowest BCUT2D eigenvalue weighted by Gasteiger charge is -2.40. The maximum absolute atomic E-state index is 11.9. The van der Waals surface area contributed by atoms with Gasteiger partial charge in [-0.15, -0.1) is 0 Å². The van der Waals surface area contributed by atoms with Gasteiger partial charge in [0.05, 0.1) is 5.70 Å². The molecule has 0 aliphatic rings. The van der Waals surface area contributed by atoms with Crippen molar-refractivity contribution in [3.8, 4) is 0 Å². The van der Waals surface area contributed by atoms with Crippen LogP contribution in [-0.4, -0.2) is 20.4 Å². The van der Waals surface area contributed by atoms with Crippen molar-refractivity contribution < 1.29 is 13.9 Å². The maximum atomic E-state index is 11.9. The van der Waals surface area contributed by atoms with Crippen molar-refractivity contribution in [1.82, 2.24) is 0 Å². The van der Waals surface area contributed by atoms with E-state index < -0.39 is 38.5 Å². The van der Waals surface area contributed by atoms with Crippen molar-refractivity contribution in [3.63, 3.8) is 0 Å². The Morgan fingerprint density at radius 1 is 1.21 bits per heavy atom. The summed E-state index contributed by atoms with van der Waals surface area (Å²) in [5.41, 5.74) is -4.56. The fraction of sp³-hybridized carbons (Fsp3) is 1.00. The van der Waals surface area contributed by atoms with Crippen molar-refractivity contribution in [1.29, 1.82) is 0 Å². The van der Waals surface area contributed by atoms with E-state index in [4.69, 9.17) is 5.48 Å². The Hall–Kier alpha value is -0.0500. The van der Waals surface area contributed by atoms with E-state index in [-0.39, 0.29) is 0 Å². The molecule has 0 amide bonds. The zero-order chi connectivity index (χ0) is 15.2. The molecule has 0 aliphatic carbocycles. The maximum Gasteiger partial charge on any atom is 0.147 e. The van der Waals surface area contributed by atoms with E-state index >= 15 is 0 Å². The summed E-state index contributed by atoms with van der Waals surface area (Å²) in [5, 5.41) is 0. The lowest BCUT2D eigenvalue weighted by Crippen LogP contribution is -2.37. The van der Waals surface area contributed by atoms with Gasteiger partial charge >= 0.3 is 0 Å². The van der Waals surface area contributed by atoms with Crippen molar-refractivity contribution in [3.05, 3.63) is 0 Å². The number of hydrogen-bond acceptors (Lipinski definition) is 2. The molecule has 3 heteroatoms. The van der Waals surface area contributed by atoms with E-state index in [2.05, 4.69) is 0 Å². The van der Waals surface area contributed by atoms with E-state index in [1.165, 1.54) is 0 Å². The van der Waals surface area contributed by atoms with Crippen LogP contribution in [0.4, 0.5) is 0 Å². The van der Waals surface area contributed by atoms with Gasteiger partial charge < -0.3 is 0 Å². The minimum absolute atomic E-state index is 0.892. The third kappa shape index (κ3) is 4.99. The molecule has 2 nitrogen and oxygen atoms in total. The minimum atomic E-state index is -4.31. The Kier molecular flexibility index (Phi) is 2.23. The zero-order valence-electron chi connectivity index (χ0n) is 13.9. The van der Waals surface area contributed by atoms with Crippen LogP contribution < -0.4 is 0 Å². The van der Waals surface area contributed by atoms with Crippen molar-refractivity contribution in [2.45, 2.75) is 41.5 Å². The quantitative estimate of drug-likeness (QED) is 0.723. The molecule has 0 aromatic heterocycles. The molecule has 0 N–H and O–H groups in total. The zero-order valence-corrected chi connectivity index (χ0v) is 10.7. The van der Waals surface area contributed by atoms with Crippen LogP contribution >= 0.6 is 0 Å². The molecule has 0 radical (unpaired) electrons. The van der Waals surface area contributed by atoms with Gasteiger partial charge in [0.25, 0.3) is 0 Å². The Labute approximate surface area is 94.6 Å². The summed E-state index contributed by atoms with van der Waals surface area (Å²) in [6.07, 6.45) is -1.05. The first-order chi connectivity index (χ1) is 7.56. The van der Waals surface area contributed by atoms with Crippen LogP contribution in [0, 0.1) is 16.7 Å². The van der Waals surface area contributed by atoms with Gasteiger partial charge in [-0.2, -0.15) is 0 Å². The van der Waals surface area contributed by atoms with Crippen LogP contribution in [0.3, 0.4) is 0 Å². The Morgan fingerprint density at radius 3 is 1.79 bits per heavy atom. The SMILES string of the molecule is [2H]CS(=O)(=O)C([2H])([2H])C([2H])(C(C)(C)C)C(C)(C)C. The molecule has 0 saturated carbocycles. The first kappa shape index (κ1) is 8.14. The third-order valence-corrected chi connectivity index (χ3v) is 2.27. The molecule has 0 saturated heterocycles. The van der Waals surface area contributed by atoms with Crippen molar-refractivity contribution in [2.24, 2.45) is 16.7 Å². The smallest absolute Gasteiger partial charge is 0.147 e. The average molecular weight is 224 g/mol. The van der Waals surface area contributed by atoms with E-state index in [1.807, 2.05) is 0 Å². The van der Waals surface area contributed by atoms with Gasteiger partial charge in [0.1, 0.15) is 9.84 Å². The van der Waals surface area contributed by atoms with E-state index in [9.17, 15) is 8.42 Å². The van der Waals surface area contributed by atoms with Crippen LogP contribution in [0.15, 0.2) is 0 Å². The van der Waals surface area contributed by atoms with Crippen LogP contribution in [0.2, 0.25) is 0 Å². The van der Waals surface area contributed by atoms with Gasteiger partial charge in [0, 0.05) is 11.7 Å². The second kappa shape index (κ2) is 3.84. The highest BCUT2D eigenvalue weighted by Gasteiger charge is 2.36. The fourth-order valence-electron chi connectivity index (χ4n) is 1.59. The minimum Gasteiger partial charge on any atom is -0.229 e. The molecule has 0 bridgehead atoms. The molecule has 0 aromatic rings. The van der Waals surface area contributed by atoms with E-state index in [0.717, 1.165) is 0 Å². The summed E-state index contributed by atoms with van der Waals surface area (Å²) in [6, 6.07) is 0. The summed E-state index contributed by atoms with van der Waals surface area (Å²) < 4.78 is 55.3. The number of rotatable bonds is 2. The molecular weight excluding hydrogens is 196 g/mol. The summed E-state index contributed by atoms with van der Waals surface area (Å²) in [4.78, 5) is 0. The monoisotopic (exact) mass is 224 g/mol. The average Bonchev–Trinajstić information content (AvgIpc) is 2.12. The van der Waals surface area contributed by atoms with E-state index in [0.29, 0.717) is 0 Å². The molecule has 0 heterocycles. The molecular formula is C11H24O2S. The first-order valence-corrected chi connectivity index (χ1v) is 6.23. The second-order valence-corrected chi connectivity index (χ2v) is 7.03. The predicted molar refractivity (Wildman–Crippen MR) is 62.1 cm³/mol. The third-order valence-electron chi connectivity index (χ3n) is 1.76. The summed E-state index contributed by atoms with van der Waals surface area (Å²) in [6.45, 7) is 9.93. The van der Waals surface area contributed by atoms with Gasteiger partial charge in [0.2, 0.25) is 0 Å². The van der Waals surface area contributed by atoms with Gasteiger partial charge in [-0.1, -0.05) is 41.5 Å². The molecule has 0 rings (SSSR count). The largest absolute Gasteiger partial charge is 0.229 e. The molecule has 0 fully saturated rings. The summed E-state index contributed by atoms with van der Waals surface area (Å²) >= 11 is 0.